The summed E-state index contributed by atoms with van der Waals surface area (Å²) >= 11 is 0. The molecular formula is C15H13Li. The van der Waals surface area contributed by atoms with Crippen molar-refractivity contribution in [1.29, 1.82) is 0 Å². The van der Waals surface area contributed by atoms with E-state index in [1.807, 2.05) is 0 Å². The molecule has 16 heavy (non-hydrogen) atoms. The molecule has 0 radical (unpaired) electrons. The van der Waals surface area contributed by atoms with Gasteiger partial charge in [-0.3, -0.25) is 0 Å². The zero-order chi connectivity index (χ0) is 10.1. The molecule has 0 heterocycles. The number of benzene rings is 2. The van der Waals surface area contributed by atoms with Crippen molar-refractivity contribution >= 4 is 0 Å². The Morgan fingerprint density at radius 2 is 1.12 bits per heavy atom. The maximum atomic E-state index is 2.39. The first-order valence-electron chi connectivity index (χ1n) is 5.37. The third kappa shape index (κ3) is 1.84. The average molecular weight is 200 g/mol. The molecule has 1 aliphatic rings. The summed E-state index contributed by atoms with van der Waals surface area (Å²) in [5, 5.41) is 0. The van der Waals surface area contributed by atoms with Gasteiger partial charge < -0.3 is 6.42 Å². The van der Waals surface area contributed by atoms with E-state index in [-0.39, 0.29) is 24.3 Å². The molecule has 0 aliphatic heterocycles. The Bertz CT molecular complexity index is 402. The van der Waals surface area contributed by atoms with Gasteiger partial charge in [0.2, 0.25) is 0 Å². The normalized spacial score (nSPS) is 16.2. The van der Waals surface area contributed by atoms with Crippen molar-refractivity contribution in [3.8, 4) is 0 Å². The average Bonchev–Trinajstić information content (AvgIpc) is 3.13. The third-order valence-corrected chi connectivity index (χ3v) is 3.19. The van der Waals surface area contributed by atoms with E-state index in [1.165, 1.54) is 17.5 Å². The van der Waals surface area contributed by atoms with E-state index in [0.717, 1.165) is 0 Å². The van der Waals surface area contributed by atoms with Gasteiger partial charge in [-0.15, -0.1) is 5.41 Å². The van der Waals surface area contributed by atoms with Gasteiger partial charge >= 0.3 is 18.9 Å². The predicted octanol–water partition coefficient (Wildman–Crippen LogP) is 0.585. The van der Waals surface area contributed by atoms with Crippen LogP contribution in [-0.4, -0.2) is 0 Å². The molecule has 2 aromatic carbocycles. The van der Waals surface area contributed by atoms with Gasteiger partial charge in [-0.05, 0) is 0 Å². The Balaban J connectivity index is 0.000000963. The Labute approximate surface area is 109 Å². The quantitative estimate of drug-likeness (QED) is 0.491. The monoisotopic (exact) mass is 200 g/mol. The molecule has 3 rings (SSSR count). The van der Waals surface area contributed by atoms with Gasteiger partial charge in [0.25, 0.3) is 0 Å². The van der Waals surface area contributed by atoms with Crippen LogP contribution in [0.25, 0.3) is 0 Å². The Hall–Kier alpha value is -0.963. The van der Waals surface area contributed by atoms with E-state index < -0.39 is 0 Å². The van der Waals surface area contributed by atoms with Gasteiger partial charge in [0.1, 0.15) is 0 Å². The molecule has 2 aromatic rings. The Morgan fingerprint density at radius 3 is 1.44 bits per heavy atom. The van der Waals surface area contributed by atoms with Crippen molar-refractivity contribution in [1.82, 2.24) is 0 Å². The van der Waals surface area contributed by atoms with Gasteiger partial charge in [-0.1, -0.05) is 71.8 Å². The van der Waals surface area contributed by atoms with Crippen LogP contribution in [0.3, 0.4) is 0 Å². The van der Waals surface area contributed by atoms with Gasteiger partial charge in [-0.2, -0.15) is 6.42 Å². The molecule has 0 nitrogen and oxygen atoms in total. The maximum Gasteiger partial charge on any atom is 1.00 e. The summed E-state index contributed by atoms with van der Waals surface area (Å²) in [6.45, 7) is 0. The largest absolute Gasteiger partial charge is 1.00 e. The number of hydrogen-bond acceptors (Lipinski definition) is 0. The van der Waals surface area contributed by atoms with Crippen molar-refractivity contribution in [3.63, 3.8) is 0 Å². The molecule has 1 fully saturated rings. The Kier molecular flexibility index (Phi) is 3.24. The molecule has 0 amide bonds. The van der Waals surface area contributed by atoms with E-state index >= 15 is 0 Å². The molecule has 1 saturated carbocycles. The zero-order valence-corrected chi connectivity index (χ0v) is 9.56. The van der Waals surface area contributed by atoms with Crippen LogP contribution >= 0.6 is 0 Å². The molecule has 1 heteroatoms. The minimum atomic E-state index is 0. The van der Waals surface area contributed by atoms with Crippen LogP contribution in [0.4, 0.5) is 0 Å². The Morgan fingerprint density at radius 1 is 0.750 bits per heavy atom. The van der Waals surface area contributed by atoms with E-state index in [2.05, 4.69) is 67.1 Å². The summed E-state index contributed by atoms with van der Waals surface area (Å²) in [5.74, 6) is 0. The molecule has 0 N–H and O–H groups in total. The predicted molar refractivity (Wildman–Crippen MR) is 62.6 cm³/mol. The van der Waals surface area contributed by atoms with Crippen LogP contribution in [-0.2, 0) is 5.41 Å². The van der Waals surface area contributed by atoms with Crippen molar-refractivity contribution < 1.29 is 18.9 Å². The summed E-state index contributed by atoms with van der Waals surface area (Å²) in [6, 6.07) is 21.5. The standard InChI is InChI=1S/C15H13.Li/c1-3-7-13(8-4-1)15(11-12-15)14-9-5-2-6-10-14;/h1-11H,12H2;/q-1;+1. The van der Waals surface area contributed by atoms with E-state index in [4.69, 9.17) is 0 Å². The molecule has 0 saturated heterocycles. The first-order chi connectivity index (χ1) is 7.42. The van der Waals surface area contributed by atoms with Crippen molar-refractivity contribution in [2.75, 3.05) is 0 Å². The first kappa shape index (κ1) is 11.5. The maximum absolute atomic E-state index is 2.39. The van der Waals surface area contributed by atoms with Crippen LogP contribution in [0, 0.1) is 6.42 Å². The number of hydrogen-bond donors (Lipinski definition) is 0. The van der Waals surface area contributed by atoms with Gasteiger partial charge in [0.05, 0.1) is 0 Å². The summed E-state index contributed by atoms with van der Waals surface area (Å²) < 4.78 is 0. The second-order valence-corrected chi connectivity index (χ2v) is 4.11. The summed E-state index contributed by atoms with van der Waals surface area (Å²) in [5.41, 5.74) is 3.04. The fourth-order valence-corrected chi connectivity index (χ4v) is 2.21. The van der Waals surface area contributed by atoms with E-state index in [0.29, 0.717) is 0 Å². The van der Waals surface area contributed by atoms with Crippen LogP contribution in [0.2, 0.25) is 0 Å². The van der Waals surface area contributed by atoms with Crippen molar-refractivity contribution in [2.45, 2.75) is 11.8 Å². The second-order valence-electron chi connectivity index (χ2n) is 4.11. The van der Waals surface area contributed by atoms with Crippen LogP contribution in [0.15, 0.2) is 60.7 Å². The van der Waals surface area contributed by atoms with E-state index in [1.54, 1.807) is 0 Å². The number of rotatable bonds is 2. The minimum absolute atomic E-state index is 0. The molecule has 0 spiro atoms. The molecule has 0 unspecified atom stereocenters. The molecular weight excluding hydrogens is 187 g/mol. The molecule has 74 valence electrons. The van der Waals surface area contributed by atoms with Crippen molar-refractivity contribution in [2.24, 2.45) is 0 Å². The van der Waals surface area contributed by atoms with Crippen molar-refractivity contribution in [3.05, 3.63) is 78.2 Å². The molecule has 0 bridgehead atoms. The molecule has 0 atom stereocenters. The van der Waals surface area contributed by atoms with Crippen LogP contribution in [0.1, 0.15) is 17.5 Å². The molecule has 0 aromatic heterocycles. The summed E-state index contributed by atoms with van der Waals surface area (Å²) in [7, 11) is 0. The zero-order valence-electron chi connectivity index (χ0n) is 9.56. The van der Waals surface area contributed by atoms with Crippen LogP contribution in [0.5, 0.6) is 0 Å². The van der Waals surface area contributed by atoms with E-state index in [9.17, 15) is 0 Å². The second kappa shape index (κ2) is 4.50. The SMILES string of the molecule is [Li+].c1ccc(C2(c3ccccc3)[CH-]C2)cc1. The first-order valence-corrected chi connectivity index (χ1v) is 5.37. The fourth-order valence-electron chi connectivity index (χ4n) is 2.21. The third-order valence-electron chi connectivity index (χ3n) is 3.19. The van der Waals surface area contributed by atoms with Gasteiger partial charge in [0, 0.05) is 0 Å². The smallest absolute Gasteiger partial charge is 0.318 e. The molecule has 1 aliphatic carbocycles. The summed E-state index contributed by atoms with van der Waals surface area (Å²) in [4.78, 5) is 0. The fraction of sp³-hybridized carbons (Fsp3) is 0.133. The van der Waals surface area contributed by atoms with Crippen LogP contribution < -0.4 is 18.9 Å². The van der Waals surface area contributed by atoms with Gasteiger partial charge in [0.15, 0.2) is 0 Å². The minimum Gasteiger partial charge on any atom is -0.318 e. The van der Waals surface area contributed by atoms with Gasteiger partial charge in [-0.25, -0.2) is 0 Å². The summed E-state index contributed by atoms with van der Waals surface area (Å²) in [6.07, 6.45) is 3.55. The topological polar surface area (TPSA) is 0 Å².